The first-order valence-corrected chi connectivity index (χ1v) is 10.1. The molecule has 30 heavy (non-hydrogen) atoms. The van der Waals surface area contributed by atoms with E-state index in [4.69, 9.17) is 11.6 Å². The van der Waals surface area contributed by atoms with Crippen LogP contribution >= 0.6 is 11.6 Å². The number of carbonyl (C=O) groups excluding carboxylic acids is 2. The number of benzene rings is 2. The van der Waals surface area contributed by atoms with Gasteiger partial charge in [-0.05, 0) is 36.2 Å². The largest absolute Gasteiger partial charge is 0.389 e. The van der Waals surface area contributed by atoms with E-state index in [0.717, 1.165) is 16.5 Å². The molecular formula is C22H22ClN3O4. The number of aromatic nitrogens is 1. The lowest BCUT2D eigenvalue weighted by molar-refractivity contribution is -0.151. The minimum absolute atomic E-state index is 0.185. The molecule has 8 heteroatoms. The van der Waals surface area contributed by atoms with Crippen LogP contribution in [0.4, 0.5) is 0 Å². The number of hydrogen-bond acceptors (Lipinski definition) is 4. The lowest BCUT2D eigenvalue weighted by atomic mass is 9.98. The third kappa shape index (κ3) is 4.33. The number of aliphatic hydroxyl groups is 2. The standard InChI is InChI=1S/C22H22ClN3O4/c23-15-6-7-17-14(9-15)10-19(24-17)21(29)25-18(8-13-4-2-1-3-5-13)20(28)22(30)26-11-16(27)12-26/h1-7,9-10,16,18,20,24,27-28H,8,11-12H2,(H,25,29)/t18-,20+/m0/s1. The van der Waals surface area contributed by atoms with Gasteiger partial charge in [0.25, 0.3) is 11.8 Å². The monoisotopic (exact) mass is 427 g/mol. The van der Waals surface area contributed by atoms with Crippen molar-refractivity contribution in [2.75, 3.05) is 13.1 Å². The molecule has 2 atom stereocenters. The molecule has 7 nitrogen and oxygen atoms in total. The maximum atomic E-state index is 12.9. The fourth-order valence-electron chi connectivity index (χ4n) is 3.58. The zero-order valence-electron chi connectivity index (χ0n) is 16.1. The number of halogens is 1. The van der Waals surface area contributed by atoms with Gasteiger partial charge in [-0.3, -0.25) is 9.59 Å². The molecular weight excluding hydrogens is 406 g/mol. The molecule has 1 aliphatic heterocycles. The van der Waals surface area contributed by atoms with Crippen molar-refractivity contribution in [1.29, 1.82) is 0 Å². The number of likely N-dealkylation sites (tertiary alicyclic amines) is 1. The maximum Gasteiger partial charge on any atom is 0.268 e. The van der Waals surface area contributed by atoms with Gasteiger partial charge >= 0.3 is 0 Å². The highest BCUT2D eigenvalue weighted by Crippen LogP contribution is 2.20. The molecule has 0 bridgehead atoms. The Balaban J connectivity index is 1.54. The van der Waals surface area contributed by atoms with E-state index in [0.29, 0.717) is 10.7 Å². The fourth-order valence-corrected chi connectivity index (χ4v) is 3.76. The summed E-state index contributed by atoms with van der Waals surface area (Å²) in [5.74, 6) is -0.941. The van der Waals surface area contributed by atoms with Crippen LogP contribution in [0.3, 0.4) is 0 Å². The van der Waals surface area contributed by atoms with Gasteiger partial charge in [0.2, 0.25) is 0 Å². The first-order valence-electron chi connectivity index (χ1n) is 9.68. The average Bonchev–Trinajstić information content (AvgIpc) is 3.14. The van der Waals surface area contributed by atoms with Crippen molar-refractivity contribution in [2.45, 2.75) is 24.7 Å². The summed E-state index contributed by atoms with van der Waals surface area (Å²) in [5.41, 5.74) is 1.95. The minimum Gasteiger partial charge on any atom is -0.389 e. The normalized spacial score (nSPS) is 16.2. The predicted octanol–water partition coefficient (Wildman–Crippen LogP) is 1.73. The van der Waals surface area contributed by atoms with E-state index < -0.39 is 30.1 Å². The number of H-pyrrole nitrogens is 1. The van der Waals surface area contributed by atoms with Crippen molar-refractivity contribution in [3.05, 3.63) is 70.9 Å². The lowest BCUT2D eigenvalue weighted by Crippen LogP contribution is -2.60. The average molecular weight is 428 g/mol. The van der Waals surface area contributed by atoms with Gasteiger partial charge in [-0.1, -0.05) is 41.9 Å². The molecule has 2 amide bonds. The third-order valence-corrected chi connectivity index (χ3v) is 5.49. The van der Waals surface area contributed by atoms with Gasteiger partial charge in [0.15, 0.2) is 6.10 Å². The summed E-state index contributed by atoms with van der Waals surface area (Å²) in [5, 5.41) is 24.3. The Labute approximate surface area is 178 Å². The second-order valence-corrected chi connectivity index (χ2v) is 7.96. The molecule has 2 aromatic carbocycles. The third-order valence-electron chi connectivity index (χ3n) is 5.25. The first kappa shape index (κ1) is 20.4. The summed E-state index contributed by atoms with van der Waals surface area (Å²) in [4.78, 5) is 29.9. The number of carbonyl (C=O) groups is 2. The van der Waals surface area contributed by atoms with Crippen molar-refractivity contribution in [2.24, 2.45) is 0 Å². The molecule has 1 saturated heterocycles. The summed E-state index contributed by atoms with van der Waals surface area (Å²) in [6, 6.07) is 15.4. The van der Waals surface area contributed by atoms with E-state index in [2.05, 4.69) is 10.3 Å². The molecule has 1 fully saturated rings. The van der Waals surface area contributed by atoms with E-state index in [1.807, 2.05) is 30.3 Å². The number of nitrogens with zero attached hydrogens (tertiary/aromatic N) is 1. The van der Waals surface area contributed by atoms with Gasteiger partial charge < -0.3 is 25.4 Å². The van der Waals surface area contributed by atoms with Crippen LogP contribution in [0, 0.1) is 0 Å². The topological polar surface area (TPSA) is 106 Å². The van der Waals surface area contributed by atoms with Gasteiger partial charge in [-0.25, -0.2) is 0 Å². The van der Waals surface area contributed by atoms with E-state index in [-0.39, 0.29) is 19.5 Å². The van der Waals surface area contributed by atoms with Crippen LogP contribution in [0.25, 0.3) is 10.9 Å². The van der Waals surface area contributed by atoms with Crippen LogP contribution < -0.4 is 5.32 Å². The molecule has 1 aliphatic rings. The molecule has 156 valence electrons. The Morgan fingerprint density at radius 1 is 1.17 bits per heavy atom. The molecule has 2 heterocycles. The summed E-state index contributed by atoms with van der Waals surface area (Å²) in [6.45, 7) is 0.370. The van der Waals surface area contributed by atoms with Gasteiger partial charge in [0.05, 0.1) is 12.1 Å². The molecule has 0 saturated carbocycles. The van der Waals surface area contributed by atoms with Crippen LogP contribution in [0.15, 0.2) is 54.6 Å². The van der Waals surface area contributed by atoms with Gasteiger partial charge in [0, 0.05) is 29.0 Å². The molecule has 0 radical (unpaired) electrons. The van der Waals surface area contributed by atoms with Crippen LogP contribution in [-0.4, -0.2) is 63.3 Å². The van der Waals surface area contributed by atoms with Crippen molar-refractivity contribution < 1.29 is 19.8 Å². The molecule has 4 rings (SSSR count). The van der Waals surface area contributed by atoms with Gasteiger partial charge in [-0.2, -0.15) is 0 Å². The highest BCUT2D eigenvalue weighted by molar-refractivity contribution is 6.31. The number of aromatic amines is 1. The first-order chi connectivity index (χ1) is 14.4. The Kier molecular flexibility index (Phi) is 5.76. The smallest absolute Gasteiger partial charge is 0.268 e. The Morgan fingerprint density at radius 2 is 1.90 bits per heavy atom. The summed E-state index contributed by atoms with van der Waals surface area (Å²) in [6.07, 6.45) is -1.72. The van der Waals surface area contributed by atoms with E-state index in [9.17, 15) is 19.8 Å². The van der Waals surface area contributed by atoms with Crippen molar-refractivity contribution >= 4 is 34.3 Å². The molecule has 0 unspecified atom stereocenters. The molecule has 1 aromatic heterocycles. The highest BCUT2D eigenvalue weighted by atomic mass is 35.5. The van der Waals surface area contributed by atoms with Crippen molar-refractivity contribution in [3.8, 4) is 0 Å². The maximum absolute atomic E-state index is 12.9. The Bertz CT molecular complexity index is 1060. The van der Waals surface area contributed by atoms with E-state index in [1.54, 1.807) is 24.3 Å². The molecule has 0 aliphatic carbocycles. The van der Waals surface area contributed by atoms with Crippen molar-refractivity contribution in [3.63, 3.8) is 0 Å². The van der Waals surface area contributed by atoms with Crippen LogP contribution in [-0.2, 0) is 11.2 Å². The number of hydrogen-bond donors (Lipinski definition) is 4. The summed E-state index contributed by atoms with van der Waals surface area (Å²) in [7, 11) is 0. The molecule has 4 N–H and O–H groups in total. The number of aliphatic hydroxyl groups excluding tert-OH is 2. The second-order valence-electron chi connectivity index (χ2n) is 7.53. The fraction of sp³-hybridized carbons (Fsp3) is 0.273. The van der Waals surface area contributed by atoms with Gasteiger partial charge in [-0.15, -0.1) is 0 Å². The van der Waals surface area contributed by atoms with Crippen LogP contribution in [0.5, 0.6) is 0 Å². The Hall–Kier alpha value is -2.87. The summed E-state index contributed by atoms with van der Waals surface area (Å²) < 4.78 is 0. The second kappa shape index (κ2) is 8.47. The minimum atomic E-state index is -1.43. The van der Waals surface area contributed by atoms with Gasteiger partial charge in [0.1, 0.15) is 5.69 Å². The van der Waals surface area contributed by atoms with Crippen LogP contribution in [0.2, 0.25) is 5.02 Å². The van der Waals surface area contributed by atoms with Crippen molar-refractivity contribution in [1.82, 2.24) is 15.2 Å². The van der Waals surface area contributed by atoms with E-state index >= 15 is 0 Å². The quantitative estimate of drug-likeness (QED) is 0.480. The van der Waals surface area contributed by atoms with E-state index in [1.165, 1.54) is 4.90 Å². The number of nitrogens with one attached hydrogen (secondary N) is 2. The molecule has 3 aromatic rings. The lowest BCUT2D eigenvalue weighted by Gasteiger charge is -2.38. The zero-order chi connectivity index (χ0) is 21.3. The molecule has 0 spiro atoms. The SMILES string of the molecule is O=C(N[C@@H](Cc1ccccc1)[C@@H](O)C(=O)N1CC(O)C1)c1cc2cc(Cl)ccc2[nH]1. The van der Waals surface area contributed by atoms with Crippen LogP contribution in [0.1, 0.15) is 16.1 Å². The highest BCUT2D eigenvalue weighted by Gasteiger charge is 2.37. The number of β-amino-alcohol motifs (C(OH)–C–C–N with tert-alkyl or cyclic N) is 1. The number of rotatable bonds is 6. The number of fused-ring (bicyclic) bond motifs is 1. The predicted molar refractivity (Wildman–Crippen MR) is 113 cm³/mol. The number of amides is 2. The zero-order valence-corrected chi connectivity index (χ0v) is 16.8. The summed E-state index contributed by atoms with van der Waals surface area (Å²) >= 11 is 6.01. The Morgan fingerprint density at radius 3 is 2.60 bits per heavy atom.